The number of carbonyl (C=O) groups excluding carboxylic acids is 1. The van der Waals surface area contributed by atoms with Gasteiger partial charge in [-0.05, 0) is 23.3 Å². The summed E-state index contributed by atoms with van der Waals surface area (Å²) in [6, 6.07) is 13.6. The van der Waals surface area contributed by atoms with Gasteiger partial charge in [0.05, 0.1) is 0 Å². The first-order valence-corrected chi connectivity index (χ1v) is 5.74. The second kappa shape index (κ2) is 5.39. The number of ketones is 1. The van der Waals surface area contributed by atoms with Crippen LogP contribution >= 0.6 is 0 Å². The van der Waals surface area contributed by atoms with Gasteiger partial charge in [0.2, 0.25) is 0 Å². The van der Waals surface area contributed by atoms with Gasteiger partial charge < -0.3 is 0 Å². The minimum atomic E-state index is -0.0515. The Balaban J connectivity index is 2.06. The molecule has 2 aromatic rings. The number of pyridine rings is 1. The Kier molecular flexibility index (Phi) is 3.66. The predicted molar refractivity (Wildman–Crippen MR) is 67.8 cm³/mol. The number of aromatic nitrogens is 1. The van der Waals surface area contributed by atoms with Gasteiger partial charge in [-0.15, -0.1) is 0 Å². The minimum absolute atomic E-state index is 0.0515. The monoisotopic (exact) mass is 225 g/mol. The van der Waals surface area contributed by atoms with Gasteiger partial charge in [-0.2, -0.15) is 0 Å². The van der Waals surface area contributed by atoms with E-state index in [9.17, 15) is 4.79 Å². The van der Waals surface area contributed by atoms with Gasteiger partial charge in [0.1, 0.15) is 5.78 Å². The number of hydrogen-bond acceptors (Lipinski definition) is 2. The third kappa shape index (κ3) is 3.00. The van der Waals surface area contributed by atoms with E-state index in [0.29, 0.717) is 6.42 Å². The fourth-order valence-corrected chi connectivity index (χ4v) is 1.78. The molecule has 2 rings (SSSR count). The summed E-state index contributed by atoms with van der Waals surface area (Å²) in [5.41, 5.74) is 2.10. The van der Waals surface area contributed by atoms with Crippen molar-refractivity contribution in [3.63, 3.8) is 0 Å². The number of nitrogens with zero attached hydrogens (tertiary/aromatic N) is 1. The van der Waals surface area contributed by atoms with E-state index in [4.69, 9.17) is 0 Å². The molecule has 0 spiro atoms. The summed E-state index contributed by atoms with van der Waals surface area (Å²) in [6.07, 6.45) is 3.91. The summed E-state index contributed by atoms with van der Waals surface area (Å²) in [6.45, 7) is 1.96. The molecular formula is C15H15NO. The molecule has 0 radical (unpaired) electrons. The van der Waals surface area contributed by atoms with E-state index in [2.05, 4.69) is 4.98 Å². The summed E-state index contributed by atoms with van der Waals surface area (Å²) in [5.74, 6) is 0.187. The summed E-state index contributed by atoms with van der Waals surface area (Å²) in [7, 11) is 0. The molecule has 1 aromatic carbocycles. The van der Waals surface area contributed by atoms with Crippen molar-refractivity contribution < 1.29 is 4.79 Å². The van der Waals surface area contributed by atoms with Gasteiger partial charge in [-0.3, -0.25) is 9.78 Å². The zero-order valence-corrected chi connectivity index (χ0v) is 9.84. The Morgan fingerprint density at radius 3 is 2.41 bits per heavy atom. The van der Waals surface area contributed by atoms with E-state index in [1.165, 1.54) is 0 Å². The molecule has 86 valence electrons. The molecule has 0 saturated heterocycles. The molecule has 1 atom stereocenters. The van der Waals surface area contributed by atoms with E-state index in [1.807, 2.05) is 49.4 Å². The zero-order valence-electron chi connectivity index (χ0n) is 9.84. The summed E-state index contributed by atoms with van der Waals surface area (Å²) >= 11 is 0. The number of benzene rings is 1. The smallest absolute Gasteiger partial charge is 0.144 e. The Hall–Kier alpha value is -1.96. The second-order valence-electron chi connectivity index (χ2n) is 4.13. The highest BCUT2D eigenvalue weighted by molar-refractivity contribution is 5.87. The number of hydrogen-bond donors (Lipinski definition) is 0. The lowest BCUT2D eigenvalue weighted by Gasteiger charge is -2.10. The number of carbonyl (C=O) groups is 1. The lowest BCUT2D eigenvalue weighted by Crippen LogP contribution is -2.11. The van der Waals surface area contributed by atoms with Gasteiger partial charge in [0.15, 0.2) is 0 Å². The van der Waals surface area contributed by atoms with Crippen LogP contribution < -0.4 is 0 Å². The summed E-state index contributed by atoms with van der Waals surface area (Å²) in [5, 5.41) is 0. The van der Waals surface area contributed by atoms with Crippen molar-refractivity contribution in [1.29, 1.82) is 0 Å². The minimum Gasteiger partial charge on any atom is -0.299 e. The van der Waals surface area contributed by atoms with Crippen LogP contribution in [0.5, 0.6) is 0 Å². The maximum atomic E-state index is 12.1. The molecular weight excluding hydrogens is 210 g/mol. The van der Waals surface area contributed by atoms with Gasteiger partial charge >= 0.3 is 0 Å². The molecule has 0 amide bonds. The fourth-order valence-electron chi connectivity index (χ4n) is 1.78. The van der Waals surface area contributed by atoms with Gasteiger partial charge in [-0.25, -0.2) is 0 Å². The summed E-state index contributed by atoms with van der Waals surface area (Å²) in [4.78, 5) is 16.0. The van der Waals surface area contributed by atoms with Crippen LogP contribution in [0.25, 0.3) is 0 Å². The molecule has 0 fully saturated rings. The van der Waals surface area contributed by atoms with Crippen LogP contribution in [0.2, 0.25) is 0 Å². The van der Waals surface area contributed by atoms with Crippen molar-refractivity contribution in [3.8, 4) is 0 Å². The van der Waals surface area contributed by atoms with Crippen LogP contribution in [-0.2, 0) is 11.2 Å². The van der Waals surface area contributed by atoms with Crippen molar-refractivity contribution in [1.82, 2.24) is 4.98 Å². The Morgan fingerprint density at radius 2 is 1.76 bits per heavy atom. The van der Waals surface area contributed by atoms with Crippen LogP contribution in [-0.4, -0.2) is 10.8 Å². The van der Waals surface area contributed by atoms with Crippen molar-refractivity contribution in [3.05, 3.63) is 66.0 Å². The van der Waals surface area contributed by atoms with Crippen LogP contribution in [0.3, 0.4) is 0 Å². The molecule has 17 heavy (non-hydrogen) atoms. The lowest BCUT2D eigenvalue weighted by atomic mass is 9.93. The SMILES string of the molecule is CC(C(=O)Cc1ccncc1)c1ccccc1. The van der Waals surface area contributed by atoms with E-state index < -0.39 is 0 Å². The van der Waals surface area contributed by atoms with Gasteiger partial charge in [-0.1, -0.05) is 37.3 Å². The molecule has 2 nitrogen and oxygen atoms in total. The molecule has 0 aliphatic carbocycles. The first-order chi connectivity index (χ1) is 8.27. The van der Waals surface area contributed by atoms with E-state index in [0.717, 1.165) is 11.1 Å². The molecule has 1 heterocycles. The molecule has 0 aliphatic rings. The van der Waals surface area contributed by atoms with E-state index in [1.54, 1.807) is 12.4 Å². The molecule has 1 unspecified atom stereocenters. The zero-order chi connectivity index (χ0) is 12.1. The van der Waals surface area contributed by atoms with E-state index >= 15 is 0 Å². The quantitative estimate of drug-likeness (QED) is 0.800. The highest BCUT2D eigenvalue weighted by Crippen LogP contribution is 2.17. The molecule has 0 N–H and O–H groups in total. The molecule has 0 aliphatic heterocycles. The first-order valence-electron chi connectivity index (χ1n) is 5.74. The normalized spacial score (nSPS) is 12.1. The predicted octanol–water partition coefficient (Wildman–Crippen LogP) is 3.00. The second-order valence-corrected chi connectivity index (χ2v) is 4.13. The molecule has 0 bridgehead atoms. The van der Waals surface area contributed by atoms with Crippen molar-refractivity contribution in [2.45, 2.75) is 19.3 Å². The topological polar surface area (TPSA) is 30.0 Å². The van der Waals surface area contributed by atoms with Crippen LogP contribution in [0.15, 0.2) is 54.9 Å². The maximum absolute atomic E-state index is 12.1. The molecule has 0 saturated carbocycles. The largest absolute Gasteiger partial charge is 0.299 e. The fraction of sp³-hybridized carbons (Fsp3) is 0.200. The molecule has 1 aromatic heterocycles. The third-order valence-corrected chi connectivity index (χ3v) is 2.91. The van der Waals surface area contributed by atoms with Crippen molar-refractivity contribution in [2.24, 2.45) is 0 Å². The molecule has 2 heteroatoms. The Labute approximate surface area is 101 Å². The van der Waals surface area contributed by atoms with Crippen molar-refractivity contribution >= 4 is 5.78 Å². The van der Waals surface area contributed by atoms with Gasteiger partial charge in [0.25, 0.3) is 0 Å². The average molecular weight is 225 g/mol. The van der Waals surface area contributed by atoms with Crippen molar-refractivity contribution in [2.75, 3.05) is 0 Å². The van der Waals surface area contributed by atoms with Gasteiger partial charge in [0, 0.05) is 24.7 Å². The van der Waals surface area contributed by atoms with E-state index in [-0.39, 0.29) is 11.7 Å². The Bertz CT molecular complexity index is 479. The number of Topliss-reactive ketones (excluding diaryl/α,β-unsaturated/α-hetero) is 1. The highest BCUT2D eigenvalue weighted by atomic mass is 16.1. The lowest BCUT2D eigenvalue weighted by molar-refractivity contribution is -0.119. The average Bonchev–Trinajstić information content (AvgIpc) is 2.40. The van der Waals surface area contributed by atoms with Crippen LogP contribution in [0, 0.1) is 0 Å². The first kappa shape index (κ1) is 11.5. The number of rotatable bonds is 4. The van der Waals surface area contributed by atoms with Crippen LogP contribution in [0.4, 0.5) is 0 Å². The standard InChI is InChI=1S/C15H15NO/c1-12(14-5-3-2-4-6-14)15(17)11-13-7-9-16-10-8-13/h2-10,12H,11H2,1H3. The Morgan fingerprint density at radius 1 is 1.12 bits per heavy atom. The maximum Gasteiger partial charge on any atom is 0.144 e. The summed E-state index contributed by atoms with van der Waals surface area (Å²) < 4.78 is 0. The highest BCUT2D eigenvalue weighted by Gasteiger charge is 2.14. The third-order valence-electron chi connectivity index (χ3n) is 2.91. The van der Waals surface area contributed by atoms with Crippen LogP contribution in [0.1, 0.15) is 24.0 Å².